The summed E-state index contributed by atoms with van der Waals surface area (Å²) in [6.07, 6.45) is 1.46. The number of para-hydroxylation sites is 1. The molecule has 1 aliphatic heterocycles. The Labute approximate surface area is 129 Å². The van der Waals surface area contributed by atoms with Gasteiger partial charge in [-0.05, 0) is 42.2 Å². The number of carboxylic acids is 1. The molecule has 5 N–H and O–H groups in total. The van der Waals surface area contributed by atoms with Crippen molar-refractivity contribution in [3.05, 3.63) is 59.7 Å². The van der Waals surface area contributed by atoms with Crippen LogP contribution in [0.3, 0.4) is 0 Å². The Morgan fingerprint density at radius 2 is 1.86 bits per heavy atom. The van der Waals surface area contributed by atoms with Crippen molar-refractivity contribution in [3.63, 3.8) is 0 Å². The molecule has 1 aliphatic rings. The van der Waals surface area contributed by atoms with Crippen LogP contribution in [0.15, 0.2) is 48.5 Å². The van der Waals surface area contributed by atoms with Crippen LogP contribution in [0.4, 0.5) is 5.69 Å². The van der Waals surface area contributed by atoms with Gasteiger partial charge in [0.1, 0.15) is 11.8 Å². The first-order chi connectivity index (χ1) is 10.6. The van der Waals surface area contributed by atoms with E-state index in [9.17, 15) is 4.79 Å². The summed E-state index contributed by atoms with van der Waals surface area (Å²) < 4.78 is 0. The standard InChI is InChI=1S/C9H11NO3.C8H9N/c10-8(9(12)13)5-6-1-3-7(11)4-2-6;1-2-4-8-7(3-1)5-6-9-8/h1-4,8,11H,5,10H2,(H,12,13);1-4,9H,5-6H2/t8-;/m0./s1. The molecule has 1 atom stereocenters. The lowest BCUT2D eigenvalue weighted by molar-refractivity contribution is -0.138. The number of aliphatic carboxylic acids is 1. The second kappa shape index (κ2) is 7.47. The van der Waals surface area contributed by atoms with Gasteiger partial charge in [-0.25, -0.2) is 0 Å². The molecule has 0 unspecified atom stereocenters. The third kappa shape index (κ3) is 4.49. The Morgan fingerprint density at radius 1 is 1.18 bits per heavy atom. The van der Waals surface area contributed by atoms with Gasteiger partial charge in [0.2, 0.25) is 0 Å². The monoisotopic (exact) mass is 300 g/mol. The molecule has 0 fully saturated rings. The fourth-order valence-corrected chi connectivity index (χ4v) is 2.22. The summed E-state index contributed by atoms with van der Waals surface area (Å²) in [6, 6.07) is 13.9. The molecule has 0 spiro atoms. The molecule has 0 bridgehead atoms. The molecule has 116 valence electrons. The SMILES string of the molecule is N[C@@H](Cc1ccc(O)cc1)C(=O)O.c1ccc2c(c1)CCN2. The maximum Gasteiger partial charge on any atom is 0.320 e. The van der Waals surface area contributed by atoms with Crippen LogP contribution < -0.4 is 11.1 Å². The molecule has 0 aromatic heterocycles. The number of hydrogen-bond acceptors (Lipinski definition) is 4. The maximum atomic E-state index is 10.4. The minimum Gasteiger partial charge on any atom is -0.508 e. The quantitative estimate of drug-likeness (QED) is 0.695. The van der Waals surface area contributed by atoms with Gasteiger partial charge in [-0.2, -0.15) is 0 Å². The molecule has 0 saturated carbocycles. The number of phenols is 1. The predicted molar refractivity (Wildman–Crippen MR) is 86.1 cm³/mol. The topological polar surface area (TPSA) is 95.6 Å². The van der Waals surface area contributed by atoms with E-state index in [0.717, 1.165) is 12.1 Å². The molecule has 5 heteroatoms. The minimum absolute atomic E-state index is 0.160. The van der Waals surface area contributed by atoms with Crippen LogP contribution in [0, 0.1) is 0 Å². The number of phenolic OH excluding ortho intramolecular Hbond substituents is 1. The van der Waals surface area contributed by atoms with Crippen LogP contribution in [-0.4, -0.2) is 28.8 Å². The molecule has 2 aromatic rings. The zero-order chi connectivity index (χ0) is 15.9. The second-order valence-corrected chi connectivity index (χ2v) is 5.15. The predicted octanol–water partition coefficient (Wildman–Crippen LogP) is 2.00. The van der Waals surface area contributed by atoms with Gasteiger partial charge in [-0.3, -0.25) is 4.79 Å². The van der Waals surface area contributed by atoms with Gasteiger partial charge in [0.15, 0.2) is 0 Å². The summed E-state index contributed by atoms with van der Waals surface area (Å²) in [4.78, 5) is 10.4. The molecule has 3 rings (SSSR count). The van der Waals surface area contributed by atoms with E-state index >= 15 is 0 Å². The highest BCUT2D eigenvalue weighted by molar-refractivity contribution is 5.73. The Bertz CT molecular complexity index is 603. The summed E-state index contributed by atoms with van der Waals surface area (Å²) in [5, 5.41) is 20.8. The summed E-state index contributed by atoms with van der Waals surface area (Å²) in [5.74, 6) is -0.860. The number of nitrogens with two attached hydrogens (primary N) is 1. The van der Waals surface area contributed by atoms with E-state index in [-0.39, 0.29) is 12.2 Å². The maximum absolute atomic E-state index is 10.4. The smallest absolute Gasteiger partial charge is 0.320 e. The number of nitrogens with one attached hydrogen (secondary N) is 1. The highest BCUT2D eigenvalue weighted by Crippen LogP contribution is 2.19. The van der Waals surface area contributed by atoms with Crippen LogP contribution in [0.25, 0.3) is 0 Å². The number of carboxylic acid groups (broad SMARTS) is 1. The Kier molecular flexibility index (Phi) is 5.38. The number of rotatable bonds is 3. The second-order valence-electron chi connectivity index (χ2n) is 5.15. The molecule has 22 heavy (non-hydrogen) atoms. The van der Waals surface area contributed by atoms with Gasteiger partial charge in [0.25, 0.3) is 0 Å². The minimum atomic E-state index is -1.02. The summed E-state index contributed by atoms with van der Waals surface area (Å²) in [7, 11) is 0. The van der Waals surface area contributed by atoms with Crippen molar-refractivity contribution in [1.82, 2.24) is 0 Å². The largest absolute Gasteiger partial charge is 0.508 e. The number of benzene rings is 2. The van der Waals surface area contributed by atoms with Crippen LogP contribution in [0.2, 0.25) is 0 Å². The number of hydrogen-bond donors (Lipinski definition) is 4. The normalized spacial score (nSPS) is 13.3. The first kappa shape index (κ1) is 15.9. The highest BCUT2D eigenvalue weighted by Gasteiger charge is 2.11. The van der Waals surface area contributed by atoms with E-state index in [1.165, 1.54) is 29.8 Å². The lowest BCUT2D eigenvalue weighted by atomic mass is 10.1. The molecular formula is C17H20N2O3. The highest BCUT2D eigenvalue weighted by atomic mass is 16.4. The number of fused-ring (bicyclic) bond motifs is 1. The number of anilines is 1. The lowest BCUT2D eigenvalue weighted by Crippen LogP contribution is -2.32. The molecule has 5 nitrogen and oxygen atoms in total. The first-order valence-electron chi connectivity index (χ1n) is 7.14. The Morgan fingerprint density at radius 3 is 2.50 bits per heavy atom. The molecule has 2 aromatic carbocycles. The molecule has 0 amide bonds. The summed E-state index contributed by atoms with van der Waals surface area (Å²) in [6.45, 7) is 1.11. The number of carbonyl (C=O) groups is 1. The van der Waals surface area contributed by atoms with Gasteiger partial charge in [0.05, 0.1) is 0 Å². The molecular weight excluding hydrogens is 280 g/mol. The van der Waals surface area contributed by atoms with E-state index in [4.69, 9.17) is 15.9 Å². The van der Waals surface area contributed by atoms with Crippen LogP contribution in [-0.2, 0) is 17.6 Å². The lowest BCUT2D eigenvalue weighted by Gasteiger charge is -2.05. The van der Waals surface area contributed by atoms with Crippen LogP contribution in [0.5, 0.6) is 5.75 Å². The average Bonchev–Trinajstić information content (AvgIpc) is 2.98. The Balaban J connectivity index is 0.000000170. The van der Waals surface area contributed by atoms with E-state index in [1.807, 2.05) is 0 Å². The van der Waals surface area contributed by atoms with Gasteiger partial charge in [-0.1, -0.05) is 30.3 Å². The molecule has 1 heterocycles. The van der Waals surface area contributed by atoms with Crippen molar-refractivity contribution in [2.75, 3.05) is 11.9 Å². The fourth-order valence-electron chi connectivity index (χ4n) is 2.22. The zero-order valence-corrected chi connectivity index (χ0v) is 12.2. The summed E-state index contributed by atoms with van der Waals surface area (Å²) in [5.41, 5.74) is 8.90. The first-order valence-corrected chi connectivity index (χ1v) is 7.14. The average molecular weight is 300 g/mol. The van der Waals surface area contributed by atoms with Gasteiger partial charge >= 0.3 is 5.97 Å². The van der Waals surface area contributed by atoms with Gasteiger partial charge in [-0.15, -0.1) is 0 Å². The van der Waals surface area contributed by atoms with Crippen LogP contribution in [0.1, 0.15) is 11.1 Å². The Hall–Kier alpha value is -2.53. The van der Waals surface area contributed by atoms with E-state index in [0.29, 0.717) is 0 Å². The third-order valence-electron chi connectivity index (χ3n) is 3.44. The molecule has 0 aliphatic carbocycles. The fraction of sp³-hybridized carbons (Fsp3) is 0.235. The van der Waals surface area contributed by atoms with Crippen molar-refractivity contribution in [2.24, 2.45) is 5.73 Å². The van der Waals surface area contributed by atoms with Crippen molar-refractivity contribution >= 4 is 11.7 Å². The van der Waals surface area contributed by atoms with Crippen molar-refractivity contribution < 1.29 is 15.0 Å². The van der Waals surface area contributed by atoms with E-state index in [1.54, 1.807) is 12.1 Å². The van der Waals surface area contributed by atoms with E-state index in [2.05, 4.69) is 29.6 Å². The zero-order valence-electron chi connectivity index (χ0n) is 12.2. The van der Waals surface area contributed by atoms with Crippen molar-refractivity contribution in [2.45, 2.75) is 18.9 Å². The van der Waals surface area contributed by atoms with Crippen molar-refractivity contribution in [3.8, 4) is 5.75 Å². The van der Waals surface area contributed by atoms with Crippen LogP contribution >= 0.6 is 0 Å². The summed E-state index contributed by atoms with van der Waals surface area (Å²) >= 11 is 0. The third-order valence-corrected chi connectivity index (χ3v) is 3.44. The van der Waals surface area contributed by atoms with E-state index < -0.39 is 12.0 Å². The van der Waals surface area contributed by atoms with Crippen molar-refractivity contribution in [1.29, 1.82) is 0 Å². The van der Waals surface area contributed by atoms with Gasteiger partial charge in [0, 0.05) is 12.2 Å². The molecule has 0 radical (unpaired) electrons. The van der Waals surface area contributed by atoms with Gasteiger partial charge < -0.3 is 21.3 Å². The number of aromatic hydroxyl groups is 1. The molecule has 0 saturated heterocycles.